The van der Waals surface area contributed by atoms with Crippen LogP contribution in [0.25, 0.3) is 0 Å². The quantitative estimate of drug-likeness (QED) is 0.501. The van der Waals surface area contributed by atoms with Crippen molar-refractivity contribution in [2.75, 3.05) is 13.2 Å². The van der Waals surface area contributed by atoms with Crippen molar-refractivity contribution in [3.8, 4) is 0 Å². The summed E-state index contributed by atoms with van der Waals surface area (Å²) in [6, 6.07) is 9.54. The summed E-state index contributed by atoms with van der Waals surface area (Å²) in [5.41, 5.74) is 0.861. The molecule has 0 heterocycles. The van der Waals surface area contributed by atoms with Gasteiger partial charge < -0.3 is 9.47 Å². The normalized spacial score (nSPS) is 12.1. The Kier molecular flexibility index (Phi) is 7.91. The van der Waals surface area contributed by atoms with Crippen molar-refractivity contribution >= 4 is 5.97 Å². The largest absolute Gasteiger partial charge is 0.464 e. The van der Waals surface area contributed by atoms with Gasteiger partial charge >= 0.3 is 5.97 Å². The number of esters is 1. The van der Waals surface area contributed by atoms with Crippen molar-refractivity contribution in [1.82, 2.24) is 0 Å². The summed E-state index contributed by atoms with van der Waals surface area (Å²) in [4.78, 5) is 12.1. The van der Waals surface area contributed by atoms with Crippen LogP contribution in [0.15, 0.2) is 30.3 Å². The maximum absolute atomic E-state index is 12.1. The van der Waals surface area contributed by atoms with Crippen LogP contribution in [-0.4, -0.2) is 19.2 Å². The number of carbonyl (C=O) groups excluding carboxylic acids is 1. The second-order valence-corrected chi connectivity index (χ2v) is 4.54. The third kappa shape index (κ3) is 5.88. The Morgan fingerprint density at radius 1 is 1.05 bits per heavy atom. The highest BCUT2D eigenvalue weighted by Crippen LogP contribution is 2.19. The molecule has 1 rings (SSSR count). The summed E-state index contributed by atoms with van der Waals surface area (Å²) in [5, 5.41) is 0. The zero-order chi connectivity index (χ0) is 13.9. The van der Waals surface area contributed by atoms with Crippen molar-refractivity contribution in [1.29, 1.82) is 0 Å². The standard InChI is InChI=1S/C16H24O3/c1-3-5-12-18-15(14-10-8-7-9-11-14)16(17)19-13-6-4-2/h7-11,15H,3-6,12-13H2,1-2H3. The molecular formula is C16H24O3. The first kappa shape index (κ1) is 15.7. The second-order valence-electron chi connectivity index (χ2n) is 4.54. The lowest BCUT2D eigenvalue weighted by Crippen LogP contribution is -2.20. The van der Waals surface area contributed by atoms with E-state index in [2.05, 4.69) is 13.8 Å². The van der Waals surface area contributed by atoms with E-state index in [9.17, 15) is 4.79 Å². The Morgan fingerprint density at radius 3 is 2.32 bits per heavy atom. The summed E-state index contributed by atoms with van der Waals surface area (Å²) >= 11 is 0. The molecule has 0 bridgehead atoms. The monoisotopic (exact) mass is 264 g/mol. The highest BCUT2D eigenvalue weighted by Gasteiger charge is 2.22. The van der Waals surface area contributed by atoms with Crippen LogP contribution in [0, 0.1) is 0 Å². The number of hydrogen-bond acceptors (Lipinski definition) is 3. The first-order chi connectivity index (χ1) is 9.29. The molecule has 3 heteroatoms. The van der Waals surface area contributed by atoms with E-state index in [-0.39, 0.29) is 5.97 Å². The SMILES string of the molecule is CCCCOC(=O)C(OCCCC)c1ccccc1. The maximum Gasteiger partial charge on any atom is 0.339 e. The number of ether oxygens (including phenoxy) is 2. The van der Waals surface area contributed by atoms with Crippen LogP contribution in [0.4, 0.5) is 0 Å². The number of unbranched alkanes of at least 4 members (excludes halogenated alkanes) is 2. The van der Waals surface area contributed by atoms with E-state index in [1.165, 1.54) is 0 Å². The summed E-state index contributed by atoms with van der Waals surface area (Å²) in [6.07, 6.45) is 3.31. The van der Waals surface area contributed by atoms with Gasteiger partial charge in [-0.15, -0.1) is 0 Å². The van der Waals surface area contributed by atoms with Crippen molar-refractivity contribution in [2.45, 2.75) is 45.6 Å². The van der Waals surface area contributed by atoms with Gasteiger partial charge in [-0.05, 0) is 18.4 Å². The van der Waals surface area contributed by atoms with Gasteiger partial charge in [0.1, 0.15) is 0 Å². The van der Waals surface area contributed by atoms with Crippen molar-refractivity contribution < 1.29 is 14.3 Å². The Bertz CT molecular complexity index is 348. The first-order valence-electron chi connectivity index (χ1n) is 7.12. The van der Waals surface area contributed by atoms with E-state index >= 15 is 0 Å². The van der Waals surface area contributed by atoms with Crippen LogP contribution < -0.4 is 0 Å². The molecule has 1 aromatic carbocycles. The third-order valence-corrected chi connectivity index (χ3v) is 2.84. The highest BCUT2D eigenvalue weighted by atomic mass is 16.6. The van der Waals surface area contributed by atoms with Gasteiger partial charge in [0.25, 0.3) is 0 Å². The van der Waals surface area contributed by atoms with Crippen LogP contribution in [0.5, 0.6) is 0 Å². The molecule has 0 aliphatic carbocycles. The maximum atomic E-state index is 12.1. The Hall–Kier alpha value is -1.35. The molecule has 0 amide bonds. The Labute approximate surface area is 115 Å². The van der Waals surface area contributed by atoms with Gasteiger partial charge in [-0.1, -0.05) is 57.0 Å². The summed E-state index contributed by atoms with van der Waals surface area (Å²) < 4.78 is 11.0. The van der Waals surface area contributed by atoms with E-state index < -0.39 is 6.10 Å². The Morgan fingerprint density at radius 2 is 1.68 bits per heavy atom. The zero-order valence-corrected chi connectivity index (χ0v) is 11.9. The lowest BCUT2D eigenvalue weighted by Gasteiger charge is -2.17. The van der Waals surface area contributed by atoms with Gasteiger partial charge in [-0.3, -0.25) is 0 Å². The average Bonchev–Trinajstić information content (AvgIpc) is 2.45. The van der Waals surface area contributed by atoms with Gasteiger partial charge in [0.2, 0.25) is 0 Å². The fraction of sp³-hybridized carbons (Fsp3) is 0.562. The predicted octanol–water partition coefficient (Wildman–Crippen LogP) is 3.89. The molecule has 0 saturated heterocycles. The molecule has 3 nitrogen and oxygen atoms in total. The van der Waals surface area contributed by atoms with Crippen LogP contribution in [-0.2, 0) is 14.3 Å². The van der Waals surface area contributed by atoms with E-state index in [1.807, 2.05) is 30.3 Å². The molecule has 0 aliphatic rings. The number of rotatable bonds is 9. The summed E-state index contributed by atoms with van der Waals surface area (Å²) in [5.74, 6) is -0.282. The molecule has 0 aliphatic heterocycles. The molecule has 1 unspecified atom stereocenters. The van der Waals surface area contributed by atoms with Crippen molar-refractivity contribution in [2.24, 2.45) is 0 Å². The van der Waals surface area contributed by atoms with Crippen LogP contribution >= 0.6 is 0 Å². The van der Waals surface area contributed by atoms with Gasteiger partial charge in [0, 0.05) is 6.61 Å². The third-order valence-electron chi connectivity index (χ3n) is 2.84. The fourth-order valence-electron chi connectivity index (χ4n) is 1.67. The van der Waals surface area contributed by atoms with E-state index in [0.717, 1.165) is 31.2 Å². The minimum Gasteiger partial charge on any atom is -0.464 e. The Balaban J connectivity index is 2.61. The van der Waals surface area contributed by atoms with Crippen molar-refractivity contribution in [3.05, 3.63) is 35.9 Å². The minimum atomic E-state index is -0.593. The topological polar surface area (TPSA) is 35.5 Å². The van der Waals surface area contributed by atoms with E-state index in [1.54, 1.807) is 0 Å². The lowest BCUT2D eigenvalue weighted by atomic mass is 10.1. The van der Waals surface area contributed by atoms with E-state index in [4.69, 9.17) is 9.47 Å². The van der Waals surface area contributed by atoms with Crippen LogP contribution in [0.1, 0.15) is 51.2 Å². The molecular weight excluding hydrogens is 240 g/mol. The molecule has 1 aromatic rings. The first-order valence-corrected chi connectivity index (χ1v) is 7.12. The summed E-state index contributed by atoms with van der Waals surface area (Å²) in [6.45, 7) is 5.22. The summed E-state index contributed by atoms with van der Waals surface area (Å²) in [7, 11) is 0. The lowest BCUT2D eigenvalue weighted by molar-refractivity contribution is -0.158. The van der Waals surface area contributed by atoms with Gasteiger partial charge in [-0.25, -0.2) is 4.79 Å². The number of benzene rings is 1. The smallest absolute Gasteiger partial charge is 0.339 e. The van der Waals surface area contributed by atoms with Gasteiger partial charge in [0.15, 0.2) is 6.10 Å². The number of hydrogen-bond donors (Lipinski definition) is 0. The van der Waals surface area contributed by atoms with Crippen LogP contribution in [0.3, 0.4) is 0 Å². The van der Waals surface area contributed by atoms with Crippen molar-refractivity contribution in [3.63, 3.8) is 0 Å². The molecule has 0 N–H and O–H groups in total. The van der Waals surface area contributed by atoms with Gasteiger partial charge in [-0.2, -0.15) is 0 Å². The molecule has 0 spiro atoms. The highest BCUT2D eigenvalue weighted by molar-refractivity contribution is 5.76. The fourth-order valence-corrected chi connectivity index (χ4v) is 1.67. The van der Waals surface area contributed by atoms with E-state index in [0.29, 0.717) is 13.2 Å². The number of carbonyl (C=O) groups is 1. The molecule has 0 fully saturated rings. The molecule has 106 valence electrons. The van der Waals surface area contributed by atoms with Crippen LogP contribution in [0.2, 0.25) is 0 Å². The minimum absolute atomic E-state index is 0.282. The second kappa shape index (κ2) is 9.56. The molecule has 0 radical (unpaired) electrons. The zero-order valence-electron chi connectivity index (χ0n) is 11.9. The van der Waals surface area contributed by atoms with Gasteiger partial charge in [0.05, 0.1) is 6.61 Å². The molecule has 0 aromatic heterocycles. The average molecular weight is 264 g/mol. The molecule has 19 heavy (non-hydrogen) atoms. The predicted molar refractivity (Wildman–Crippen MR) is 75.9 cm³/mol. The molecule has 1 atom stereocenters. The molecule has 0 saturated carbocycles.